The van der Waals surface area contributed by atoms with Gasteiger partial charge in [-0.15, -0.1) is 0 Å². The molecule has 2 aromatic carbocycles. The van der Waals surface area contributed by atoms with Crippen molar-refractivity contribution in [3.63, 3.8) is 0 Å². The fraction of sp³-hybridized carbons (Fsp3) is 0.250. The minimum Gasteiger partial charge on any atom is -0.338 e. The summed E-state index contributed by atoms with van der Waals surface area (Å²) < 4.78 is 2.49. The number of para-hydroxylation sites is 2. The zero-order chi connectivity index (χ0) is 21.2. The van der Waals surface area contributed by atoms with E-state index < -0.39 is 0 Å². The van der Waals surface area contributed by atoms with E-state index in [1.165, 1.54) is 56.3 Å². The van der Waals surface area contributed by atoms with Gasteiger partial charge in [-0.1, -0.05) is 55.4 Å². The molecule has 0 N–H and O–H groups in total. The summed E-state index contributed by atoms with van der Waals surface area (Å²) >= 11 is 1.86. The van der Waals surface area contributed by atoms with Gasteiger partial charge in [-0.05, 0) is 55.2 Å². The molecule has 31 heavy (non-hydrogen) atoms. The largest absolute Gasteiger partial charge is 0.338 e. The van der Waals surface area contributed by atoms with Gasteiger partial charge in [0.15, 0.2) is 5.69 Å². The zero-order valence-corrected chi connectivity index (χ0v) is 19.2. The molecule has 0 spiro atoms. The summed E-state index contributed by atoms with van der Waals surface area (Å²) in [4.78, 5) is 3.64. The molecule has 1 aliphatic carbocycles. The molecule has 2 heterocycles. The minimum absolute atomic E-state index is 1.09. The van der Waals surface area contributed by atoms with Crippen LogP contribution in [0.1, 0.15) is 43.9 Å². The molecule has 2 aliphatic rings. The van der Waals surface area contributed by atoms with Gasteiger partial charge in [0.25, 0.3) is 0 Å². The van der Waals surface area contributed by atoms with Crippen molar-refractivity contribution in [2.75, 3.05) is 11.9 Å². The van der Waals surface area contributed by atoms with Gasteiger partial charge in [0.2, 0.25) is 11.2 Å². The lowest BCUT2D eigenvalue weighted by atomic mass is 10.0. The van der Waals surface area contributed by atoms with Gasteiger partial charge in [0.05, 0.1) is 16.1 Å². The van der Waals surface area contributed by atoms with Crippen LogP contribution in [0.3, 0.4) is 0 Å². The lowest BCUT2D eigenvalue weighted by Crippen LogP contribution is -2.38. The van der Waals surface area contributed by atoms with Crippen LogP contribution in [0.15, 0.2) is 82.7 Å². The highest BCUT2D eigenvalue weighted by Crippen LogP contribution is 2.45. The molecule has 0 bridgehead atoms. The summed E-state index contributed by atoms with van der Waals surface area (Å²) in [6.07, 6.45) is 15.1. The molecule has 1 aliphatic heterocycles. The second-order valence-corrected chi connectivity index (χ2v) is 9.33. The Morgan fingerprint density at radius 1 is 1.06 bits per heavy atom. The second-order valence-electron chi connectivity index (χ2n) is 8.27. The summed E-state index contributed by atoms with van der Waals surface area (Å²) in [7, 11) is 2.17. The van der Waals surface area contributed by atoms with Crippen LogP contribution in [-0.2, 0) is 6.42 Å². The summed E-state index contributed by atoms with van der Waals surface area (Å²) in [6, 6.07) is 19.9. The Morgan fingerprint density at radius 2 is 1.90 bits per heavy atom. The highest BCUT2D eigenvalue weighted by atomic mass is 32.2. The van der Waals surface area contributed by atoms with Gasteiger partial charge >= 0.3 is 0 Å². The molecule has 5 rings (SSSR count). The Hall–Kier alpha value is -2.78. The standard InChI is InChI=1S/C28H29N2S/c1-3-4-12-23-19-21(20-28-29(2)26-17-10-11-18-27(26)31-28)24-15-8-9-16-25(24)30(23)22-13-6-5-7-14-22/h6,8-11,13-20H,3-5,7,12H2,1-2H3/q+1. The molecular weight excluding hydrogens is 396 g/mol. The Bertz CT molecular complexity index is 1220. The first kappa shape index (κ1) is 20.1. The molecule has 0 saturated heterocycles. The molecule has 0 unspecified atom stereocenters. The summed E-state index contributed by atoms with van der Waals surface area (Å²) in [5, 5.41) is 2.59. The van der Waals surface area contributed by atoms with E-state index in [0.717, 1.165) is 19.3 Å². The van der Waals surface area contributed by atoms with Crippen LogP contribution in [-0.4, -0.2) is 7.05 Å². The quantitative estimate of drug-likeness (QED) is 0.399. The number of rotatable bonds is 5. The van der Waals surface area contributed by atoms with Crippen molar-refractivity contribution in [1.82, 2.24) is 0 Å². The van der Waals surface area contributed by atoms with Crippen LogP contribution in [0.2, 0.25) is 0 Å². The van der Waals surface area contributed by atoms with Crippen LogP contribution in [0.4, 0.5) is 5.69 Å². The smallest absolute Gasteiger partial charge is 0.219 e. The molecule has 0 atom stereocenters. The maximum absolute atomic E-state index is 2.49. The Morgan fingerprint density at radius 3 is 2.71 bits per heavy atom. The van der Waals surface area contributed by atoms with E-state index >= 15 is 0 Å². The first-order chi connectivity index (χ1) is 15.3. The number of thioether (sulfide) groups is 1. The number of aromatic nitrogens is 1. The maximum Gasteiger partial charge on any atom is 0.219 e. The first-order valence-corrected chi connectivity index (χ1v) is 12.1. The SMILES string of the molecule is CCCCc1cc(C=C2Sc3ccccc3N2C)c2ccccc2[n+]1C1=CCCC=C1. The highest BCUT2D eigenvalue weighted by Gasteiger charge is 2.25. The Kier molecular flexibility index (Phi) is 5.69. The number of nitrogens with zero attached hydrogens (tertiary/aromatic N) is 2. The Balaban J connectivity index is 1.68. The van der Waals surface area contributed by atoms with Crippen molar-refractivity contribution in [3.8, 4) is 0 Å². The molecule has 0 radical (unpaired) electrons. The lowest BCUT2D eigenvalue weighted by molar-refractivity contribution is -0.559. The number of hydrogen-bond donors (Lipinski definition) is 0. The Labute approximate surface area is 189 Å². The molecule has 0 amide bonds. The number of fused-ring (bicyclic) bond motifs is 2. The van der Waals surface area contributed by atoms with Crippen molar-refractivity contribution in [3.05, 3.63) is 89.1 Å². The molecule has 2 nitrogen and oxygen atoms in total. The van der Waals surface area contributed by atoms with Gasteiger partial charge in [-0.25, -0.2) is 0 Å². The van der Waals surface area contributed by atoms with Crippen molar-refractivity contribution in [2.24, 2.45) is 0 Å². The van der Waals surface area contributed by atoms with Crippen LogP contribution in [0.5, 0.6) is 0 Å². The second kappa shape index (κ2) is 8.76. The molecule has 3 heteroatoms. The molecule has 156 valence electrons. The highest BCUT2D eigenvalue weighted by molar-refractivity contribution is 8.03. The average Bonchev–Trinajstić information content (AvgIpc) is 3.13. The normalized spacial score (nSPS) is 16.8. The maximum atomic E-state index is 2.49. The summed E-state index contributed by atoms with van der Waals surface area (Å²) in [5.74, 6) is 0. The van der Waals surface area contributed by atoms with Crippen LogP contribution in [0.25, 0.3) is 22.7 Å². The van der Waals surface area contributed by atoms with Gasteiger partial charge in [-0.3, -0.25) is 0 Å². The molecular formula is C28H29N2S+. The number of anilines is 1. The van der Waals surface area contributed by atoms with Crippen LogP contribution in [0, 0.1) is 0 Å². The van der Waals surface area contributed by atoms with Gasteiger partial charge in [0.1, 0.15) is 0 Å². The van der Waals surface area contributed by atoms with Crippen LogP contribution < -0.4 is 9.47 Å². The molecule has 0 saturated carbocycles. The molecule has 1 aromatic heterocycles. The van der Waals surface area contributed by atoms with E-state index in [0.29, 0.717) is 0 Å². The van der Waals surface area contributed by atoms with Gasteiger partial charge in [-0.2, -0.15) is 4.57 Å². The minimum atomic E-state index is 1.09. The third-order valence-corrected chi connectivity index (χ3v) is 7.30. The summed E-state index contributed by atoms with van der Waals surface area (Å²) in [5.41, 5.74) is 6.60. The van der Waals surface area contributed by atoms with Crippen molar-refractivity contribution >= 4 is 40.1 Å². The van der Waals surface area contributed by atoms with Gasteiger partial charge < -0.3 is 4.90 Å². The predicted octanol–water partition coefficient (Wildman–Crippen LogP) is 7.20. The van der Waals surface area contributed by atoms with E-state index in [4.69, 9.17) is 0 Å². The number of aryl methyl sites for hydroxylation is 1. The van der Waals surface area contributed by atoms with Crippen molar-refractivity contribution in [1.29, 1.82) is 0 Å². The fourth-order valence-corrected chi connectivity index (χ4v) is 5.60. The summed E-state index contributed by atoms with van der Waals surface area (Å²) in [6.45, 7) is 2.27. The third-order valence-electron chi connectivity index (χ3n) is 6.14. The number of allylic oxidation sites excluding steroid dienone is 4. The number of hydrogen-bond acceptors (Lipinski definition) is 2. The van der Waals surface area contributed by atoms with Crippen molar-refractivity contribution in [2.45, 2.75) is 43.9 Å². The van der Waals surface area contributed by atoms with Gasteiger partial charge in [0, 0.05) is 36.6 Å². The lowest BCUT2D eigenvalue weighted by Gasteiger charge is -2.15. The molecule has 0 fully saturated rings. The van der Waals surface area contributed by atoms with Crippen LogP contribution >= 0.6 is 11.8 Å². The van der Waals surface area contributed by atoms with E-state index in [9.17, 15) is 0 Å². The van der Waals surface area contributed by atoms with E-state index in [2.05, 4.69) is 102 Å². The van der Waals surface area contributed by atoms with E-state index in [1.807, 2.05) is 11.8 Å². The number of pyridine rings is 1. The van der Waals surface area contributed by atoms with E-state index in [1.54, 1.807) is 0 Å². The first-order valence-electron chi connectivity index (χ1n) is 11.3. The number of benzene rings is 2. The zero-order valence-electron chi connectivity index (χ0n) is 18.3. The number of unbranched alkanes of at least 4 members (excludes halogenated alkanes) is 1. The predicted molar refractivity (Wildman–Crippen MR) is 134 cm³/mol. The van der Waals surface area contributed by atoms with E-state index in [-0.39, 0.29) is 0 Å². The fourth-order valence-electron chi connectivity index (χ4n) is 4.50. The topological polar surface area (TPSA) is 7.12 Å². The molecule has 3 aromatic rings. The third kappa shape index (κ3) is 3.83. The average molecular weight is 426 g/mol. The monoisotopic (exact) mass is 425 g/mol. The van der Waals surface area contributed by atoms with Crippen molar-refractivity contribution < 1.29 is 4.57 Å².